The summed E-state index contributed by atoms with van der Waals surface area (Å²) in [5.74, 6) is 0. The summed E-state index contributed by atoms with van der Waals surface area (Å²) in [6.07, 6.45) is 2.47. The van der Waals surface area contributed by atoms with Gasteiger partial charge in [0, 0.05) is 18.8 Å². The van der Waals surface area contributed by atoms with Crippen LogP contribution in [0.2, 0.25) is 0 Å². The molecule has 0 saturated heterocycles. The molecule has 1 aliphatic heterocycles. The summed E-state index contributed by atoms with van der Waals surface area (Å²) >= 11 is 0. The Bertz CT molecular complexity index is 317. The van der Waals surface area contributed by atoms with Crippen LogP contribution in [0.4, 0.5) is 5.69 Å². The fraction of sp³-hybridized carbons (Fsp3) is 0.500. The molecule has 1 aromatic carbocycles. The number of hydrogen-bond acceptors (Lipinski definition) is 1. The standard InChI is InChI=1S/C12H17N/c1-4-11-8-10-7-9(2)5-6-12(10)13(11)3/h5-7,11H,4,8H2,1-3H3. The molecule has 0 amide bonds. The maximum atomic E-state index is 2.41. The number of likely N-dealkylation sites (N-methyl/N-ethyl adjacent to an activating group) is 1. The quantitative estimate of drug-likeness (QED) is 0.634. The second kappa shape index (κ2) is 3.06. The molecule has 70 valence electrons. The first kappa shape index (κ1) is 8.61. The van der Waals surface area contributed by atoms with Gasteiger partial charge in [-0.15, -0.1) is 0 Å². The number of benzene rings is 1. The van der Waals surface area contributed by atoms with Crippen LogP contribution in [0.1, 0.15) is 24.5 Å². The molecular formula is C12H17N. The largest absolute Gasteiger partial charge is 0.371 e. The minimum absolute atomic E-state index is 0.719. The first-order valence-corrected chi connectivity index (χ1v) is 5.04. The van der Waals surface area contributed by atoms with Gasteiger partial charge in [0.05, 0.1) is 0 Å². The summed E-state index contributed by atoms with van der Waals surface area (Å²) in [6, 6.07) is 7.49. The molecule has 1 nitrogen and oxygen atoms in total. The third-order valence-corrected chi connectivity index (χ3v) is 3.09. The number of nitrogens with zero attached hydrogens (tertiary/aromatic N) is 1. The normalized spacial score (nSPS) is 20.5. The zero-order valence-electron chi connectivity index (χ0n) is 8.67. The van der Waals surface area contributed by atoms with Gasteiger partial charge < -0.3 is 4.90 Å². The van der Waals surface area contributed by atoms with E-state index in [1.807, 2.05) is 0 Å². The molecule has 1 atom stereocenters. The Morgan fingerprint density at radius 3 is 2.92 bits per heavy atom. The Kier molecular flexibility index (Phi) is 2.03. The number of rotatable bonds is 1. The molecule has 13 heavy (non-hydrogen) atoms. The number of fused-ring (bicyclic) bond motifs is 1. The molecule has 0 bridgehead atoms. The smallest absolute Gasteiger partial charge is 0.0399 e. The van der Waals surface area contributed by atoms with Gasteiger partial charge in [0.25, 0.3) is 0 Å². The van der Waals surface area contributed by atoms with E-state index in [0.29, 0.717) is 0 Å². The fourth-order valence-electron chi connectivity index (χ4n) is 2.23. The molecule has 0 saturated carbocycles. The average molecular weight is 175 g/mol. The maximum Gasteiger partial charge on any atom is 0.0399 e. The maximum absolute atomic E-state index is 2.41. The molecule has 0 fully saturated rings. The monoisotopic (exact) mass is 175 g/mol. The van der Waals surface area contributed by atoms with E-state index in [1.165, 1.54) is 29.7 Å². The summed E-state index contributed by atoms with van der Waals surface area (Å²) in [7, 11) is 2.20. The number of hydrogen-bond donors (Lipinski definition) is 0. The second-order valence-electron chi connectivity index (χ2n) is 4.01. The van der Waals surface area contributed by atoms with Crippen LogP contribution < -0.4 is 4.90 Å². The lowest BCUT2D eigenvalue weighted by molar-refractivity contribution is 0.643. The predicted molar refractivity (Wildman–Crippen MR) is 57.4 cm³/mol. The Morgan fingerprint density at radius 1 is 1.46 bits per heavy atom. The number of aryl methyl sites for hydroxylation is 1. The van der Waals surface area contributed by atoms with Crippen molar-refractivity contribution in [2.45, 2.75) is 32.7 Å². The van der Waals surface area contributed by atoms with Gasteiger partial charge in [0.2, 0.25) is 0 Å². The van der Waals surface area contributed by atoms with E-state index in [1.54, 1.807) is 0 Å². The van der Waals surface area contributed by atoms with E-state index in [4.69, 9.17) is 0 Å². The molecule has 0 radical (unpaired) electrons. The molecule has 1 heteroatoms. The van der Waals surface area contributed by atoms with Crippen LogP contribution in [0.3, 0.4) is 0 Å². The van der Waals surface area contributed by atoms with E-state index < -0.39 is 0 Å². The molecule has 1 unspecified atom stereocenters. The molecule has 1 aromatic rings. The summed E-state index contributed by atoms with van der Waals surface area (Å²) < 4.78 is 0. The zero-order chi connectivity index (χ0) is 9.42. The van der Waals surface area contributed by atoms with E-state index in [9.17, 15) is 0 Å². The lowest BCUT2D eigenvalue weighted by Crippen LogP contribution is -2.26. The first-order valence-electron chi connectivity index (χ1n) is 5.04. The Hall–Kier alpha value is -0.980. The SMILES string of the molecule is CCC1Cc2cc(C)ccc2N1C. The molecule has 0 N–H and O–H groups in total. The minimum atomic E-state index is 0.719. The highest BCUT2D eigenvalue weighted by Crippen LogP contribution is 2.32. The molecule has 0 aliphatic carbocycles. The molecule has 2 rings (SSSR count). The van der Waals surface area contributed by atoms with Crippen molar-refractivity contribution in [3.05, 3.63) is 29.3 Å². The van der Waals surface area contributed by atoms with Gasteiger partial charge in [-0.05, 0) is 31.4 Å². The van der Waals surface area contributed by atoms with Crippen LogP contribution in [-0.4, -0.2) is 13.1 Å². The van der Waals surface area contributed by atoms with Gasteiger partial charge in [0.1, 0.15) is 0 Å². The van der Waals surface area contributed by atoms with Crippen molar-refractivity contribution in [3.63, 3.8) is 0 Å². The van der Waals surface area contributed by atoms with Gasteiger partial charge in [-0.25, -0.2) is 0 Å². The lowest BCUT2D eigenvalue weighted by atomic mass is 10.1. The topological polar surface area (TPSA) is 3.24 Å². The van der Waals surface area contributed by atoms with Crippen LogP contribution in [0.15, 0.2) is 18.2 Å². The second-order valence-corrected chi connectivity index (χ2v) is 4.01. The van der Waals surface area contributed by atoms with Crippen molar-refractivity contribution in [2.24, 2.45) is 0 Å². The van der Waals surface area contributed by atoms with E-state index >= 15 is 0 Å². The van der Waals surface area contributed by atoms with Gasteiger partial charge in [0.15, 0.2) is 0 Å². The Balaban J connectivity index is 2.38. The predicted octanol–water partition coefficient (Wildman–Crippen LogP) is 2.77. The third kappa shape index (κ3) is 1.32. The first-order chi connectivity index (χ1) is 6.22. The molecule has 0 spiro atoms. The lowest BCUT2D eigenvalue weighted by Gasteiger charge is -2.20. The molecule has 1 aliphatic rings. The fourth-order valence-corrected chi connectivity index (χ4v) is 2.23. The molecule has 1 heterocycles. The molecular weight excluding hydrogens is 158 g/mol. The van der Waals surface area contributed by atoms with Crippen molar-refractivity contribution < 1.29 is 0 Å². The van der Waals surface area contributed by atoms with Crippen LogP contribution in [0.5, 0.6) is 0 Å². The van der Waals surface area contributed by atoms with Crippen LogP contribution in [0.25, 0.3) is 0 Å². The van der Waals surface area contributed by atoms with Gasteiger partial charge >= 0.3 is 0 Å². The highest BCUT2D eigenvalue weighted by Gasteiger charge is 2.24. The van der Waals surface area contributed by atoms with Gasteiger partial charge in [-0.1, -0.05) is 24.6 Å². The minimum Gasteiger partial charge on any atom is -0.371 e. The van der Waals surface area contributed by atoms with E-state index in [-0.39, 0.29) is 0 Å². The van der Waals surface area contributed by atoms with E-state index in [0.717, 1.165) is 6.04 Å². The zero-order valence-corrected chi connectivity index (χ0v) is 8.67. The molecule has 0 aromatic heterocycles. The van der Waals surface area contributed by atoms with Crippen molar-refractivity contribution in [2.75, 3.05) is 11.9 Å². The van der Waals surface area contributed by atoms with Crippen LogP contribution in [-0.2, 0) is 6.42 Å². The summed E-state index contributed by atoms with van der Waals surface area (Å²) in [4.78, 5) is 2.41. The van der Waals surface area contributed by atoms with Crippen molar-refractivity contribution in [1.29, 1.82) is 0 Å². The summed E-state index contributed by atoms with van der Waals surface area (Å²) in [6.45, 7) is 4.43. The van der Waals surface area contributed by atoms with Gasteiger partial charge in [-0.3, -0.25) is 0 Å². The van der Waals surface area contributed by atoms with Gasteiger partial charge in [-0.2, -0.15) is 0 Å². The Labute approximate surface area is 80.4 Å². The number of anilines is 1. The van der Waals surface area contributed by atoms with Crippen molar-refractivity contribution in [1.82, 2.24) is 0 Å². The van der Waals surface area contributed by atoms with Crippen LogP contribution in [0, 0.1) is 6.92 Å². The van der Waals surface area contributed by atoms with Crippen LogP contribution >= 0.6 is 0 Å². The Morgan fingerprint density at radius 2 is 2.23 bits per heavy atom. The highest BCUT2D eigenvalue weighted by atomic mass is 15.2. The highest BCUT2D eigenvalue weighted by molar-refractivity contribution is 5.59. The summed E-state index contributed by atoms with van der Waals surface area (Å²) in [5.41, 5.74) is 4.33. The average Bonchev–Trinajstić information content (AvgIpc) is 2.42. The van der Waals surface area contributed by atoms with E-state index in [2.05, 4.69) is 44.0 Å². The third-order valence-electron chi connectivity index (χ3n) is 3.09. The van der Waals surface area contributed by atoms with Crippen molar-refractivity contribution in [3.8, 4) is 0 Å². The van der Waals surface area contributed by atoms with Crippen molar-refractivity contribution >= 4 is 5.69 Å². The summed E-state index contributed by atoms with van der Waals surface area (Å²) in [5, 5.41) is 0.